The molecule has 13 heteroatoms. The molecule has 346 valence electrons. The molecule has 0 fully saturated rings. The van der Waals surface area contributed by atoms with Crippen molar-refractivity contribution in [3.05, 3.63) is 0 Å². The van der Waals surface area contributed by atoms with Gasteiger partial charge in [-0.2, -0.15) is 0 Å². The van der Waals surface area contributed by atoms with Crippen molar-refractivity contribution >= 4 is 40.9 Å². The molecule has 0 aliphatic heterocycles. The molecule has 0 spiro atoms. The number of Topliss-reactive ketones (excluding diaryl/α,β-unsaturated/α-hetero) is 5. The fraction of sp³-hybridized carbons (Fsp3) is 0.848. The molecule has 0 aromatic rings. The fourth-order valence-electron chi connectivity index (χ4n) is 5.20. The van der Waals surface area contributed by atoms with Crippen LogP contribution in [0.4, 0.5) is 0 Å². The quantitative estimate of drug-likeness (QED) is 0.0421. The summed E-state index contributed by atoms with van der Waals surface area (Å²) in [7, 11) is 1.64. The van der Waals surface area contributed by atoms with E-state index in [9.17, 15) is 33.6 Å². The third-order valence-corrected chi connectivity index (χ3v) is 8.78. The number of carbonyl (C=O) groups excluding carboxylic acids is 7. The summed E-state index contributed by atoms with van der Waals surface area (Å²) in [6.07, 6.45) is 20.7. The average molecular weight is 845 g/mol. The number of methoxy groups -OCH3 is 1. The van der Waals surface area contributed by atoms with Gasteiger partial charge in [0, 0.05) is 52.1 Å². The summed E-state index contributed by atoms with van der Waals surface area (Å²) in [5.41, 5.74) is 0. The largest absolute Gasteiger partial charge is 0.462 e. The standard InChI is InChI=1S/C19H32O6.C16H30O2.C11H22O5/c1-3-4-5-6-7-8-9-17(21)11-13-19(23)25-15-14-24-18(22)12-10-16(2)20;1-3-4-5-6-10-13-16(18)14-11-8-7-9-12-15(2)17;1-11(12)3-4-14-7-8-16-10-9-15-6-5-13-2/h3-15H2,1-2H3;3-14H2,1-2H3;3-10H2,1-2H3. The van der Waals surface area contributed by atoms with Crippen molar-refractivity contribution in [3.63, 3.8) is 0 Å². The Morgan fingerprint density at radius 2 is 0.661 bits per heavy atom. The maximum absolute atomic E-state index is 11.7. The topological polar surface area (TPSA) is 175 Å². The molecule has 13 nitrogen and oxygen atoms in total. The van der Waals surface area contributed by atoms with Crippen molar-refractivity contribution in [1.82, 2.24) is 0 Å². The van der Waals surface area contributed by atoms with E-state index < -0.39 is 11.9 Å². The Balaban J connectivity index is -0.000000823. The van der Waals surface area contributed by atoms with E-state index in [-0.39, 0.29) is 62.0 Å². The summed E-state index contributed by atoms with van der Waals surface area (Å²) in [5, 5.41) is 0. The van der Waals surface area contributed by atoms with Crippen molar-refractivity contribution in [1.29, 1.82) is 0 Å². The molecule has 0 unspecified atom stereocenters. The maximum atomic E-state index is 11.7. The molecule has 0 radical (unpaired) electrons. The Morgan fingerprint density at radius 3 is 1.07 bits per heavy atom. The molecule has 0 bridgehead atoms. The molecule has 0 N–H and O–H groups in total. The third kappa shape index (κ3) is 59.5. The zero-order valence-electron chi connectivity index (χ0n) is 38.1. The maximum Gasteiger partial charge on any atom is 0.306 e. The van der Waals surface area contributed by atoms with E-state index in [1.54, 1.807) is 21.0 Å². The lowest BCUT2D eigenvalue weighted by Gasteiger charge is -2.06. The Kier molecular flexibility index (Phi) is 50.7. The highest BCUT2D eigenvalue weighted by Gasteiger charge is 2.10. The second-order valence-corrected chi connectivity index (χ2v) is 14.8. The summed E-state index contributed by atoms with van der Waals surface area (Å²) in [4.78, 5) is 78.0. The molecular formula is C46H84O13. The van der Waals surface area contributed by atoms with E-state index in [0.29, 0.717) is 71.3 Å². The Bertz CT molecular complexity index is 1040. The van der Waals surface area contributed by atoms with E-state index >= 15 is 0 Å². The minimum atomic E-state index is -0.486. The van der Waals surface area contributed by atoms with Gasteiger partial charge in [0.2, 0.25) is 0 Å². The van der Waals surface area contributed by atoms with Crippen LogP contribution in [0.5, 0.6) is 0 Å². The number of hydrogen-bond donors (Lipinski definition) is 0. The van der Waals surface area contributed by atoms with Gasteiger partial charge in [0.15, 0.2) is 0 Å². The van der Waals surface area contributed by atoms with Gasteiger partial charge in [0.1, 0.15) is 42.1 Å². The minimum Gasteiger partial charge on any atom is -0.462 e. The summed E-state index contributed by atoms with van der Waals surface area (Å²) in [6.45, 7) is 12.8. The van der Waals surface area contributed by atoms with Crippen molar-refractivity contribution in [2.45, 2.75) is 189 Å². The van der Waals surface area contributed by atoms with Gasteiger partial charge < -0.3 is 38.0 Å². The molecule has 0 heterocycles. The Hall–Kier alpha value is -2.87. The molecule has 0 saturated heterocycles. The highest BCUT2D eigenvalue weighted by atomic mass is 16.6. The number of hydrogen-bond acceptors (Lipinski definition) is 13. The van der Waals surface area contributed by atoms with Gasteiger partial charge in [-0.05, 0) is 46.5 Å². The van der Waals surface area contributed by atoms with Crippen LogP contribution in [0.25, 0.3) is 0 Å². The first-order valence-corrected chi connectivity index (χ1v) is 22.4. The number of esters is 2. The van der Waals surface area contributed by atoms with Crippen LogP contribution in [0.2, 0.25) is 0 Å². The van der Waals surface area contributed by atoms with Gasteiger partial charge in [0.05, 0.1) is 59.1 Å². The first-order chi connectivity index (χ1) is 28.4. The molecule has 0 aliphatic carbocycles. The normalized spacial score (nSPS) is 10.5. The average Bonchev–Trinajstić information content (AvgIpc) is 3.19. The van der Waals surface area contributed by atoms with Gasteiger partial charge in [0.25, 0.3) is 0 Å². The number of carbonyl (C=O) groups is 7. The summed E-state index contributed by atoms with van der Waals surface area (Å²) in [5.74, 6) is -0.0859. The zero-order chi connectivity index (χ0) is 44.6. The van der Waals surface area contributed by atoms with E-state index in [2.05, 4.69) is 13.8 Å². The van der Waals surface area contributed by atoms with Crippen LogP contribution in [0.1, 0.15) is 189 Å². The summed E-state index contributed by atoms with van der Waals surface area (Å²) in [6, 6.07) is 0. The zero-order valence-corrected chi connectivity index (χ0v) is 38.1. The number of ether oxygens (including phenoxy) is 6. The lowest BCUT2D eigenvalue weighted by molar-refractivity contribution is -0.152. The fourth-order valence-corrected chi connectivity index (χ4v) is 5.20. The Labute approximate surface area is 357 Å². The summed E-state index contributed by atoms with van der Waals surface area (Å²) < 4.78 is 30.2. The molecule has 0 aliphatic rings. The molecule has 0 aromatic heterocycles. The second-order valence-electron chi connectivity index (χ2n) is 14.8. The lowest BCUT2D eigenvalue weighted by atomic mass is 10.0. The second kappa shape index (κ2) is 49.5. The van der Waals surface area contributed by atoms with Crippen LogP contribution in [0, 0.1) is 0 Å². The van der Waals surface area contributed by atoms with Gasteiger partial charge >= 0.3 is 11.9 Å². The lowest BCUT2D eigenvalue weighted by Crippen LogP contribution is -2.15. The monoisotopic (exact) mass is 845 g/mol. The smallest absolute Gasteiger partial charge is 0.306 e. The van der Waals surface area contributed by atoms with E-state index in [4.69, 9.17) is 28.4 Å². The SMILES string of the molecule is CCCCCCCC(=O)CCCCCCC(C)=O.CCCCCCCCC(=O)CCC(=O)OCCOC(=O)CCC(C)=O.COCCOCCOCCOCCC(C)=O. The first kappa shape index (κ1) is 60.4. The van der Waals surface area contributed by atoms with Crippen LogP contribution in [-0.2, 0) is 62.0 Å². The highest BCUT2D eigenvalue weighted by Crippen LogP contribution is 2.11. The van der Waals surface area contributed by atoms with E-state index in [0.717, 1.165) is 64.2 Å². The van der Waals surface area contributed by atoms with Crippen LogP contribution < -0.4 is 0 Å². The molecule has 0 rings (SSSR count). The van der Waals surface area contributed by atoms with E-state index in [1.165, 1.54) is 51.9 Å². The predicted octanol–water partition coefficient (Wildman–Crippen LogP) is 9.05. The van der Waals surface area contributed by atoms with Crippen LogP contribution in [-0.4, -0.2) is 107 Å². The van der Waals surface area contributed by atoms with Gasteiger partial charge in [-0.15, -0.1) is 0 Å². The number of unbranched alkanes of at least 4 members (excludes halogenated alkanes) is 12. The molecule has 0 aromatic carbocycles. The third-order valence-electron chi connectivity index (χ3n) is 8.78. The molecule has 0 saturated carbocycles. The first-order valence-electron chi connectivity index (χ1n) is 22.4. The molecule has 0 atom stereocenters. The van der Waals surface area contributed by atoms with Crippen molar-refractivity contribution < 1.29 is 62.0 Å². The molecular weight excluding hydrogens is 760 g/mol. The highest BCUT2D eigenvalue weighted by molar-refractivity contribution is 5.83. The van der Waals surface area contributed by atoms with Gasteiger partial charge in [-0.3, -0.25) is 24.0 Å². The number of ketones is 5. The van der Waals surface area contributed by atoms with Crippen molar-refractivity contribution in [2.75, 3.05) is 66.6 Å². The number of rotatable bonds is 41. The minimum absolute atomic E-state index is 0.0315. The van der Waals surface area contributed by atoms with Crippen LogP contribution in [0.3, 0.4) is 0 Å². The van der Waals surface area contributed by atoms with Crippen molar-refractivity contribution in [2.24, 2.45) is 0 Å². The molecule has 0 amide bonds. The van der Waals surface area contributed by atoms with Gasteiger partial charge in [-0.1, -0.05) is 84.5 Å². The van der Waals surface area contributed by atoms with Crippen LogP contribution in [0.15, 0.2) is 0 Å². The summed E-state index contributed by atoms with van der Waals surface area (Å²) >= 11 is 0. The van der Waals surface area contributed by atoms with E-state index in [1.807, 2.05) is 0 Å². The van der Waals surface area contributed by atoms with Crippen LogP contribution >= 0.6 is 0 Å². The predicted molar refractivity (Wildman–Crippen MR) is 230 cm³/mol. The Morgan fingerprint density at radius 1 is 0.322 bits per heavy atom. The van der Waals surface area contributed by atoms with Gasteiger partial charge in [-0.25, -0.2) is 0 Å². The van der Waals surface area contributed by atoms with Crippen molar-refractivity contribution in [3.8, 4) is 0 Å². The molecule has 59 heavy (non-hydrogen) atoms.